The Kier molecular flexibility index (Phi) is 10.5. The Hall–Kier alpha value is 0.500. The fourth-order valence-electron chi connectivity index (χ4n) is 2.17. The van der Waals surface area contributed by atoms with Gasteiger partial charge in [-0.2, -0.15) is 0 Å². The first kappa shape index (κ1) is 20.5. The van der Waals surface area contributed by atoms with Crippen molar-refractivity contribution in [1.82, 2.24) is 4.90 Å². The summed E-state index contributed by atoms with van der Waals surface area (Å²) in [5.74, 6) is 0.879. The van der Waals surface area contributed by atoms with Crippen molar-refractivity contribution in [2.75, 3.05) is 18.5 Å². The van der Waals surface area contributed by atoms with E-state index in [-0.39, 0.29) is 6.10 Å². The van der Waals surface area contributed by atoms with Crippen LogP contribution in [0.5, 0.6) is 0 Å². The second kappa shape index (κ2) is 10.3. The summed E-state index contributed by atoms with van der Waals surface area (Å²) in [7, 11) is 0. The third kappa shape index (κ3) is 8.07. The molecule has 0 aromatic heterocycles. The predicted molar refractivity (Wildman–Crippen MR) is 93.0 cm³/mol. The molecule has 0 bridgehead atoms. The molecular weight excluding hydrogens is 289 g/mol. The van der Waals surface area contributed by atoms with Crippen molar-refractivity contribution in [3.8, 4) is 0 Å². The average molecular weight is 323 g/mol. The normalized spacial score (nSPS) is 16.9. The lowest BCUT2D eigenvalue weighted by molar-refractivity contribution is 0.187. The van der Waals surface area contributed by atoms with Gasteiger partial charge in [0, 0.05) is 30.5 Å². The summed E-state index contributed by atoms with van der Waals surface area (Å²) in [5.41, 5.74) is 0. The van der Waals surface area contributed by atoms with Crippen molar-refractivity contribution in [3.05, 3.63) is 0 Å². The van der Waals surface area contributed by atoms with Gasteiger partial charge in [0.05, 0.1) is 6.10 Å². The monoisotopic (exact) mass is 323 g/mol. The van der Waals surface area contributed by atoms with Crippen molar-refractivity contribution < 1.29 is 9.09 Å². The van der Waals surface area contributed by atoms with E-state index in [9.17, 15) is 4.57 Å². The summed E-state index contributed by atoms with van der Waals surface area (Å²) in [6.07, 6.45) is 2.61. The van der Waals surface area contributed by atoms with Gasteiger partial charge in [-0.1, -0.05) is 25.2 Å². The summed E-state index contributed by atoms with van der Waals surface area (Å²) in [5, 5.41) is 0. The van der Waals surface area contributed by atoms with E-state index in [2.05, 4.69) is 46.4 Å². The van der Waals surface area contributed by atoms with Gasteiger partial charge in [0.2, 0.25) is 0 Å². The van der Waals surface area contributed by atoms with E-state index in [1.54, 1.807) is 11.4 Å². The maximum Gasteiger partial charge on any atom is 0.257 e. The third-order valence-corrected chi connectivity index (χ3v) is 8.35. The summed E-state index contributed by atoms with van der Waals surface area (Å²) < 4.78 is 18.7. The Bertz CT molecular complexity index is 290. The Labute approximate surface area is 130 Å². The molecule has 0 aromatic carbocycles. The fraction of sp³-hybridized carbons (Fsp3) is 1.00. The summed E-state index contributed by atoms with van der Waals surface area (Å²) in [4.78, 5) is 2.44. The van der Waals surface area contributed by atoms with E-state index in [0.29, 0.717) is 18.2 Å². The van der Waals surface area contributed by atoms with Gasteiger partial charge < -0.3 is 4.52 Å². The Morgan fingerprint density at radius 3 is 2.05 bits per heavy atom. The molecule has 0 rings (SSSR count). The predicted octanol–water partition coefficient (Wildman–Crippen LogP) is 5.26. The fourth-order valence-corrected chi connectivity index (χ4v) is 6.92. The highest BCUT2D eigenvalue weighted by Gasteiger charge is 2.25. The highest BCUT2D eigenvalue weighted by Crippen LogP contribution is 2.60. The Morgan fingerprint density at radius 1 is 1.10 bits per heavy atom. The summed E-state index contributed by atoms with van der Waals surface area (Å²) in [6, 6.07) is 1.05. The summed E-state index contributed by atoms with van der Waals surface area (Å²) >= 11 is 1.55. The van der Waals surface area contributed by atoms with Crippen molar-refractivity contribution in [2.24, 2.45) is 0 Å². The first-order valence-electron chi connectivity index (χ1n) is 7.93. The number of nitrogens with zero attached hydrogens (tertiary/aromatic N) is 1. The molecular formula is C15H34NO2PS. The first-order valence-corrected chi connectivity index (χ1v) is 11.3. The van der Waals surface area contributed by atoms with Crippen molar-refractivity contribution in [2.45, 2.75) is 79.5 Å². The minimum atomic E-state index is -2.52. The molecule has 0 spiro atoms. The quantitative estimate of drug-likeness (QED) is 0.485. The second-order valence-corrected chi connectivity index (χ2v) is 10.9. The lowest BCUT2D eigenvalue weighted by atomic mass is 10.2. The highest BCUT2D eigenvalue weighted by atomic mass is 32.7. The van der Waals surface area contributed by atoms with Gasteiger partial charge in [0.15, 0.2) is 0 Å². The van der Waals surface area contributed by atoms with E-state index in [0.717, 1.165) is 25.1 Å². The number of hydrogen-bond donors (Lipinski definition) is 0. The van der Waals surface area contributed by atoms with Gasteiger partial charge in [0.1, 0.15) is 0 Å². The van der Waals surface area contributed by atoms with Crippen LogP contribution in [0, 0.1) is 0 Å². The lowest BCUT2D eigenvalue weighted by Crippen LogP contribution is -2.38. The van der Waals surface area contributed by atoms with Gasteiger partial charge in [-0.3, -0.25) is 9.46 Å². The standard InChI is InChI=1S/C15H34NO2PS/c1-8-11-19(17,18-15(7)9-2)20-12-10-16(13(3)4)14(5)6/h13-15H,8-12H2,1-7H3. The Balaban J connectivity index is 4.43. The maximum atomic E-state index is 12.8. The molecule has 3 nitrogen and oxygen atoms in total. The minimum Gasteiger partial charge on any atom is -0.318 e. The molecule has 0 amide bonds. The zero-order valence-corrected chi connectivity index (χ0v) is 16.1. The van der Waals surface area contributed by atoms with Gasteiger partial charge in [-0.15, -0.1) is 0 Å². The minimum absolute atomic E-state index is 0.0891. The van der Waals surface area contributed by atoms with E-state index in [1.165, 1.54) is 0 Å². The maximum absolute atomic E-state index is 12.8. The van der Waals surface area contributed by atoms with E-state index < -0.39 is 6.57 Å². The van der Waals surface area contributed by atoms with Crippen LogP contribution in [0.1, 0.15) is 61.3 Å². The van der Waals surface area contributed by atoms with Crippen LogP contribution in [-0.2, 0) is 9.09 Å². The van der Waals surface area contributed by atoms with Crippen LogP contribution in [0.4, 0.5) is 0 Å². The molecule has 122 valence electrons. The molecule has 5 heteroatoms. The first-order chi connectivity index (χ1) is 9.25. The zero-order chi connectivity index (χ0) is 15.8. The number of hydrogen-bond acceptors (Lipinski definition) is 4. The SMILES string of the molecule is CCCP(=O)(OC(C)CC)SCCN(C(C)C)C(C)C. The average Bonchev–Trinajstić information content (AvgIpc) is 2.33. The zero-order valence-electron chi connectivity index (χ0n) is 14.4. The van der Waals surface area contributed by atoms with Gasteiger partial charge in [-0.25, -0.2) is 0 Å². The molecule has 0 N–H and O–H groups in total. The molecule has 0 saturated heterocycles. The molecule has 0 fully saturated rings. The molecule has 0 aliphatic carbocycles. The van der Waals surface area contributed by atoms with Gasteiger partial charge >= 0.3 is 0 Å². The molecule has 0 aliphatic heterocycles. The molecule has 0 aliphatic rings. The van der Waals surface area contributed by atoms with Crippen molar-refractivity contribution in [3.63, 3.8) is 0 Å². The summed E-state index contributed by atoms with van der Waals surface area (Å²) in [6.45, 7) is 13.5. The van der Waals surface area contributed by atoms with Crippen LogP contribution >= 0.6 is 18.0 Å². The lowest BCUT2D eigenvalue weighted by Gasteiger charge is -2.31. The molecule has 0 heterocycles. The van der Waals surface area contributed by atoms with E-state index in [4.69, 9.17) is 4.52 Å². The van der Waals surface area contributed by atoms with Crippen molar-refractivity contribution in [1.29, 1.82) is 0 Å². The van der Waals surface area contributed by atoms with Crippen LogP contribution in [0.15, 0.2) is 0 Å². The topological polar surface area (TPSA) is 29.5 Å². The molecule has 2 atom stereocenters. The molecule has 20 heavy (non-hydrogen) atoms. The van der Waals surface area contributed by atoms with Crippen LogP contribution in [-0.4, -0.2) is 41.5 Å². The third-order valence-electron chi connectivity index (χ3n) is 3.38. The van der Waals surface area contributed by atoms with Crippen LogP contribution in [0.3, 0.4) is 0 Å². The largest absolute Gasteiger partial charge is 0.318 e. The molecule has 0 radical (unpaired) electrons. The smallest absolute Gasteiger partial charge is 0.257 e. The number of rotatable bonds is 11. The van der Waals surface area contributed by atoms with Crippen molar-refractivity contribution >= 4 is 18.0 Å². The second-order valence-electron chi connectivity index (χ2n) is 5.92. The van der Waals surface area contributed by atoms with Crippen LogP contribution in [0.25, 0.3) is 0 Å². The molecule has 0 aromatic rings. The Morgan fingerprint density at radius 2 is 1.65 bits per heavy atom. The van der Waals surface area contributed by atoms with Gasteiger partial charge in [-0.05, 0) is 47.5 Å². The molecule has 2 unspecified atom stereocenters. The van der Waals surface area contributed by atoms with Crippen LogP contribution < -0.4 is 0 Å². The van der Waals surface area contributed by atoms with E-state index >= 15 is 0 Å². The highest BCUT2D eigenvalue weighted by molar-refractivity contribution is 8.56. The van der Waals surface area contributed by atoms with E-state index in [1.807, 2.05) is 6.92 Å². The van der Waals surface area contributed by atoms with Crippen LogP contribution in [0.2, 0.25) is 0 Å². The van der Waals surface area contributed by atoms with Gasteiger partial charge in [0.25, 0.3) is 6.57 Å². The molecule has 0 saturated carbocycles.